The Labute approximate surface area is 64.9 Å². The molecular formula is C9H10F2. The van der Waals surface area contributed by atoms with Crippen LogP contribution in [-0.4, -0.2) is 0 Å². The van der Waals surface area contributed by atoms with E-state index < -0.39 is 11.6 Å². The van der Waals surface area contributed by atoms with Crippen molar-refractivity contribution in [1.29, 1.82) is 0 Å². The summed E-state index contributed by atoms with van der Waals surface area (Å²) in [7, 11) is 0. The highest BCUT2D eigenvalue weighted by Crippen LogP contribution is 2.15. The van der Waals surface area contributed by atoms with Crippen molar-refractivity contribution in [2.24, 2.45) is 0 Å². The number of halogens is 2. The maximum atomic E-state index is 12.9. The van der Waals surface area contributed by atoms with Crippen molar-refractivity contribution < 1.29 is 8.78 Å². The zero-order valence-electron chi connectivity index (χ0n) is 6.62. The molecule has 1 aromatic carbocycles. The van der Waals surface area contributed by atoms with Crippen LogP contribution in [0.5, 0.6) is 0 Å². The van der Waals surface area contributed by atoms with Crippen molar-refractivity contribution in [3.05, 3.63) is 34.9 Å². The molecule has 0 aliphatic heterocycles. The Morgan fingerprint density at radius 3 is 2.36 bits per heavy atom. The van der Waals surface area contributed by atoms with Gasteiger partial charge in [0, 0.05) is 6.07 Å². The fourth-order valence-corrected chi connectivity index (χ4v) is 1.18. The maximum absolute atomic E-state index is 12.9. The van der Waals surface area contributed by atoms with Gasteiger partial charge in [0.05, 0.1) is 0 Å². The largest absolute Gasteiger partial charge is 0.207 e. The molecule has 0 spiro atoms. The van der Waals surface area contributed by atoms with Crippen LogP contribution in [-0.2, 0) is 6.42 Å². The van der Waals surface area contributed by atoms with Gasteiger partial charge in [0.2, 0.25) is 0 Å². The smallest absolute Gasteiger partial charge is 0.129 e. The molecule has 0 amide bonds. The number of benzene rings is 1. The SMILES string of the molecule is CCc1c(C)cc(F)cc1F. The topological polar surface area (TPSA) is 0 Å². The first kappa shape index (κ1) is 8.18. The lowest BCUT2D eigenvalue weighted by Gasteiger charge is -2.03. The lowest BCUT2D eigenvalue weighted by atomic mass is 10.1. The third-order valence-electron chi connectivity index (χ3n) is 1.74. The van der Waals surface area contributed by atoms with E-state index in [4.69, 9.17) is 0 Å². The van der Waals surface area contributed by atoms with E-state index in [1.807, 2.05) is 6.92 Å². The molecule has 60 valence electrons. The molecule has 0 bridgehead atoms. The predicted octanol–water partition coefficient (Wildman–Crippen LogP) is 2.84. The fraction of sp³-hybridized carbons (Fsp3) is 0.333. The molecule has 0 saturated heterocycles. The lowest BCUT2D eigenvalue weighted by molar-refractivity contribution is 0.571. The molecule has 0 saturated carbocycles. The summed E-state index contributed by atoms with van der Waals surface area (Å²) in [6, 6.07) is 2.27. The van der Waals surface area contributed by atoms with E-state index >= 15 is 0 Å². The Morgan fingerprint density at radius 1 is 1.27 bits per heavy atom. The van der Waals surface area contributed by atoms with Crippen LogP contribution in [0.1, 0.15) is 18.1 Å². The van der Waals surface area contributed by atoms with Gasteiger partial charge in [0.1, 0.15) is 11.6 Å². The quantitative estimate of drug-likeness (QED) is 0.586. The van der Waals surface area contributed by atoms with Gasteiger partial charge in [-0.15, -0.1) is 0 Å². The van der Waals surface area contributed by atoms with Crippen LogP contribution >= 0.6 is 0 Å². The van der Waals surface area contributed by atoms with E-state index in [0.717, 1.165) is 6.07 Å². The van der Waals surface area contributed by atoms with Gasteiger partial charge >= 0.3 is 0 Å². The van der Waals surface area contributed by atoms with Crippen molar-refractivity contribution in [3.8, 4) is 0 Å². The second-order valence-electron chi connectivity index (χ2n) is 2.54. The monoisotopic (exact) mass is 156 g/mol. The van der Waals surface area contributed by atoms with Crippen LogP contribution in [0.4, 0.5) is 8.78 Å². The molecule has 0 aromatic heterocycles. The molecule has 0 fully saturated rings. The minimum Gasteiger partial charge on any atom is -0.207 e. The Balaban J connectivity index is 3.25. The van der Waals surface area contributed by atoms with E-state index in [2.05, 4.69) is 0 Å². The van der Waals surface area contributed by atoms with Crippen molar-refractivity contribution >= 4 is 0 Å². The van der Waals surface area contributed by atoms with Gasteiger partial charge in [0.15, 0.2) is 0 Å². The highest BCUT2D eigenvalue weighted by atomic mass is 19.1. The summed E-state index contributed by atoms with van der Waals surface area (Å²) in [5.41, 5.74) is 1.29. The summed E-state index contributed by atoms with van der Waals surface area (Å²) in [4.78, 5) is 0. The number of aryl methyl sites for hydroxylation is 1. The third-order valence-corrected chi connectivity index (χ3v) is 1.74. The summed E-state index contributed by atoms with van der Waals surface area (Å²) < 4.78 is 25.4. The van der Waals surface area contributed by atoms with Gasteiger partial charge in [-0.3, -0.25) is 0 Å². The highest BCUT2D eigenvalue weighted by molar-refractivity contribution is 5.27. The van der Waals surface area contributed by atoms with E-state index in [1.165, 1.54) is 6.07 Å². The molecule has 1 aromatic rings. The molecule has 2 heteroatoms. The van der Waals surface area contributed by atoms with E-state index in [9.17, 15) is 8.78 Å². The second-order valence-corrected chi connectivity index (χ2v) is 2.54. The molecule has 0 atom stereocenters. The molecule has 1 rings (SSSR count). The summed E-state index contributed by atoms with van der Waals surface area (Å²) in [6.07, 6.45) is 0.609. The highest BCUT2D eigenvalue weighted by Gasteiger charge is 2.04. The number of hydrogen-bond donors (Lipinski definition) is 0. The lowest BCUT2D eigenvalue weighted by Crippen LogP contribution is -1.93. The van der Waals surface area contributed by atoms with Crippen molar-refractivity contribution in [3.63, 3.8) is 0 Å². The van der Waals surface area contributed by atoms with Crippen LogP contribution in [0.15, 0.2) is 12.1 Å². The number of rotatable bonds is 1. The third kappa shape index (κ3) is 1.56. The van der Waals surface area contributed by atoms with Crippen LogP contribution in [0.25, 0.3) is 0 Å². The van der Waals surface area contributed by atoms with E-state index in [0.29, 0.717) is 17.5 Å². The average Bonchev–Trinajstić information content (AvgIpc) is 1.85. The minimum absolute atomic E-state index is 0.440. The molecule has 0 aliphatic carbocycles. The van der Waals surface area contributed by atoms with Crippen LogP contribution in [0, 0.1) is 18.6 Å². The Kier molecular flexibility index (Phi) is 2.22. The van der Waals surface area contributed by atoms with Crippen molar-refractivity contribution in [2.45, 2.75) is 20.3 Å². The van der Waals surface area contributed by atoms with Gasteiger partial charge in [-0.05, 0) is 30.5 Å². The summed E-state index contributed by atoms with van der Waals surface area (Å²) in [5, 5.41) is 0. The van der Waals surface area contributed by atoms with Gasteiger partial charge < -0.3 is 0 Å². The molecule has 0 nitrogen and oxygen atoms in total. The maximum Gasteiger partial charge on any atom is 0.129 e. The van der Waals surface area contributed by atoms with Gasteiger partial charge in [-0.1, -0.05) is 6.92 Å². The zero-order valence-corrected chi connectivity index (χ0v) is 6.62. The van der Waals surface area contributed by atoms with E-state index in [1.54, 1.807) is 6.92 Å². The Bertz CT molecular complexity index is 243. The zero-order chi connectivity index (χ0) is 8.43. The van der Waals surface area contributed by atoms with Gasteiger partial charge in [-0.25, -0.2) is 8.78 Å². The Hall–Kier alpha value is -0.920. The summed E-state index contributed by atoms with van der Waals surface area (Å²) in [6.45, 7) is 3.56. The standard InChI is InChI=1S/C9H10F2/c1-3-8-6(2)4-7(10)5-9(8)11/h4-5H,3H2,1-2H3. The molecule has 0 unspecified atom stereocenters. The van der Waals surface area contributed by atoms with Crippen LogP contribution in [0.3, 0.4) is 0 Å². The first-order chi connectivity index (χ1) is 5.15. The average molecular weight is 156 g/mol. The second kappa shape index (κ2) is 2.99. The normalized spacial score (nSPS) is 10.2. The molecule has 11 heavy (non-hydrogen) atoms. The first-order valence-corrected chi connectivity index (χ1v) is 3.59. The molecule has 0 radical (unpaired) electrons. The van der Waals surface area contributed by atoms with Gasteiger partial charge in [0.25, 0.3) is 0 Å². The summed E-state index contributed by atoms with van der Waals surface area (Å²) >= 11 is 0. The summed E-state index contributed by atoms with van der Waals surface area (Å²) in [5.74, 6) is -0.942. The molecule has 0 aliphatic rings. The minimum atomic E-state index is -0.503. The Morgan fingerprint density at radius 2 is 1.91 bits per heavy atom. The van der Waals surface area contributed by atoms with E-state index in [-0.39, 0.29) is 0 Å². The van der Waals surface area contributed by atoms with Gasteiger partial charge in [-0.2, -0.15) is 0 Å². The predicted molar refractivity (Wildman–Crippen MR) is 40.5 cm³/mol. The van der Waals surface area contributed by atoms with Crippen molar-refractivity contribution in [1.82, 2.24) is 0 Å². The van der Waals surface area contributed by atoms with Crippen LogP contribution < -0.4 is 0 Å². The first-order valence-electron chi connectivity index (χ1n) is 3.59. The van der Waals surface area contributed by atoms with Crippen molar-refractivity contribution in [2.75, 3.05) is 0 Å². The number of hydrogen-bond acceptors (Lipinski definition) is 0. The molecule has 0 N–H and O–H groups in total. The van der Waals surface area contributed by atoms with Crippen LogP contribution in [0.2, 0.25) is 0 Å². The molecular weight excluding hydrogens is 146 g/mol. The fourth-order valence-electron chi connectivity index (χ4n) is 1.18. The molecule has 0 heterocycles.